The Hall–Kier alpha value is -0.0900. The van der Waals surface area contributed by atoms with Crippen LogP contribution < -0.4 is 5.32 Å². The molecule has 0 radical (unpaired) electrons. The number of thiol groups is 1. The molecule has 2 nitrogen and oxygen atoms in total. The van der Waals surface area contributed by atoms with Crippen molar-refractivity contribution in [1.29, 1.82) is 0 Å². The van der Waals surface area contributed by atoms with Gasteiger partial charge in [-0.05, 0) is 6.92 Å². The summed E-state index contributed by atoms with van der Waals surface area (Å²) in [6.07, 6.45) is 1.85. The largest absolute Gasteiger partial charge is 0.354 e. The van der Waals surface area contributed by atoms with Gasteiger partial charge in [0.25, 0.3) is 0 Å². The molecular formula is C8H15NOS2. The van der Waals surface area contributed by atoms with Gasteiger partial charge in [0, 0.05) is 18.1 Å². The molecule has 0 aromatic heterocycles. The van der Waals surface area contributed by atoms with E-state index in [2.05, 4.69) is 24.5 Å². The third-order valence-electron chi connectivity index (χ3n) is 1.16. The Morgan fingerprint density at radius 2 is 2.50 bits per heavy atom. The van der Waals surface area contributed by atoms with E-state index in [0.29, 0.717) is 6.54 Å². The van der Waals surface area contributed by atoms with Gasteiger partial charge in [-0.25, -0.2) is 0 Å². The Morgan fingerprint density at radius 3 is 3.00 bits per heavy atom. The number of nitrogens with one attached hydrogen (secondary N) is 1. The Bertz CT molecular complexity index is 148. The van der Waals surface area contributed by atoms with Crippen LogP contribution in [0.25, 0.3) is 0 Å². The van der Waals surface area contributed by atoms with Crippen LogP contribution in [0.4, 0.5) is 0 Å². The second kappa shape index (κ2) is 7.55. The molecule has 1 unspecified atom stereocenters. The number of hydrogen-bond donors (Lipinski definition) is 2. The van der Waals surface area contributed by atoms with Crippen molar-refractivity contribution >= 4 is 30.3 Å². The van der Waals surface area contributed by atoms with E-state index in [1.807, 2.05) is 6.08 Å². The maximum Gasteiger partial charge on any atom is 0.232 e. The standard InChI is InChI=1S/C8H15NOS2/c1-3-5-12-6-4-9-8(10)7(2)11/h3,7,11H,1,4-6H2,2H3,(H,9,10). The van der Waals surface area contributed by atoms with Crippen molar-refractivity contribution < 1.29 is 4.79 Å². The first kappa shape index (κ1) is 11.9. The molecule has 1 atom stereocenters. The van der Waals surface area contributed by atoms with E-state index in [1.165, 1.54) is 0 Å². The van der Waals surface area contributed by atoms with Gasteiger partial charge in [0.1, 0.15) is 0 Å². The summed E-state index contributed by atoms with van der Waals surface area (Å²) in [6.45, 7) is 6.07. The molecular weight excluding hydrogens is 190 g/mol. The van der Waals surface area contributed by atoms with Gasteiger partial charge < -0.3 is 5.32 Å². The molecule has 0 aromatic rings. The fraction of sp³-hybridized carbons (Fsp3) is 0.625. The molecule has 1 N–H and O–H groups in total. The van der Waals surface area contributed by atoms with Crippen molar-refractivity contribution in [3.63, 3.8) is 0 Å². The fourth-order valence-corrected chi connectivity index (χ4v) is 1.23. The van der Waals surface area contributed by atoms with Crippen LogP contribution in [0, 0.1) is 0 Å². The smallest absolute Gasteiger partial charge is 0.232 e. The number of carbonyl (C=O) groups is 1. The highest BCUT2D eigenvalue weighted by Crippen LogP contribution is 1.97. The van der Waals surface area contributed by atoms with Gasteiger partial charge in [-0.2, -0.15) is 24.4 Å². The van der Waals surface area contributed by atoms with E-state index in [-0.39, 0.29) is 11.2 Å². The molecule has 0 aliphatic rings. The SMILES string of the molecule is C=CCSCCNC(=O)C(C)S. The van der Waals surface area contributed by atoms with Crippen LogP contribution >= 0.6 is 24.4 Å². The number of carbonyl (C=O) groups excluding carboxylic acids is 1. The third kappa shape index (κ3) is 6.61. The molecule has 0 aromatic carbocycles. The first-order valence-corrected chi connectivity index (χ1v) is 5.50. The average molecular weight is 205 g/mol. The van der Waals surface area contributed by atoms with E-state index in [0.717, 1.165) is 11.5 Å². The fourth-order valence-electron chi connectivity index (χ4n) is 0.561. The van der Waals surface area contributed by atoms with Gasteiger partial charge in [-0.3, -0.25) is 4.79 Å². The van der Waals surface area contributed by atoms with E-state index >= 15 is 0 Å². The van der Waals surface area contributed by atoms with Crippen LogP contribution in [0.1, 0.15) is 6.92 Å². The minimum Gasteiger partial charge on any atom is -0.354 e. The van der Waals surface area contributed by atoms with Crippen molar-refractivity contribution in [3.05, 3.63) is 12.7 Å². The maximum atomic E-state index is 11.0. The van der Waals surface area contributed by atoms with Crippen molar-refractivity contribution in [3.8, 4) is 0 Å². The van der Waals surface area contributed by atoms with Crippen LogP contribution in [0.5, 0.6) is 0 Å². The number of thioether (sulfide) groups is 1. The highest BCUT2D eigenvalue weighted by molar-refractivity contribution is 7.99. The molecule has 0 fully saturated rings. The van der Waals surface area contributed by atoms with Gasteiger partial charge in [-0.15, -0.1) is 6.58 Å². The molecule has 0 bridgehead atoms. The molecule has 0 spiro atoms. The molecule has 0 aliphatic heterocycles. The van der Waals surface area contributed by atoms with Gasteiger partial charge in [0.15, 0.2) is 0 Å². The summed E-state index contributed by atoms with van der Waals surface area (Å²) in [6, 6.07) is 0. The van der Waals surface area contributed by atoms with Gasteiger partial charge in [0.2, 0.25) is 5.91 Å². The third-order valence-corrected chi connectivity index (χ3v) is 2.36. The van der Waals surface area contributed by atoms with Crippen LogP contribution in [-0.2, 0) is 4.79 Å². The van der Waals surface area contributed by atoms with Crippen molar-refractivity contribution in [1.82, 2.24) is 5.32 Å². The summed E-state index contributed by atoms with van der Waals surface area (Å²) >= 11 is 5.75. The summed E-state index contributed by atoms with van der Waals surface area (Å²) in [5.74, 6) is 1.86. The number of amides is 1. The first-order valence-electron chi connectivity index (χ1n) is 3.83. The van der Waals surface area contributed by atoms with E-state index < -0.39 is 0 Å². The summed E-state index contributed by atoms with van der Waals surface area (Å²) in [7, 11) is 0. The Morgan fingerprint density at radius 1 is 1.83 bits per heavy atom. The van der Waals surface area contributed by atoms with Crippen molar-refractivity contribution in [2.75, 3.05) is 18.1 Å². The molecule has 0 saturated carbocycles. The lowest BCUT2D eigenvalue weighted by Gasteiger charge is -2.05. The molecule has 0 saturated heterocycles. The van der Waals surface area contributed by atoms with Crippen LogP contribution in [0.2, 0.25) is 0 Å². The Labute approximate surface area is 83.6 Å². The van der Waals surface area contributed by atoms with Crippen LogP contribution in [0.15, 0.2) is 12.7 Å². The lowest BCUT2D eigenvalue weighted by atomic mass is 10.4. The second-order valence-electron chi connectivity index (χ2n) is 2.33. The minimum absolute atomic E-state index is 0.00228. The Kier molecular flexibility index (Phi) is 7.50. The van der Waals surface area contributed by atoms with Gasteiger partial charge >= 0.3 is 0 Å². The highest BCUT2D eigenvalue weighted by Gasteiger charge is 2.04. The topological polar surface area (TPSA) is 29.1 Å². The lowest BCUT2D eigenvalue weighted by Crippen LogP contribution is -2.31. The van der Waals surface area contributed by atoms with Crippen LogP contribution in [0.3, 0.4) is 0 Å². The van der Waals surface area contributed by atoms with Crippen LogP contribution in [-0.4, -0.2) is 29.2 Å². The lowest BCUT2D eigenvalue weighted by molar-refractivity contribution is -0.120. The first-order chi connectivity index (χ1) is 5.68. The summed E-state index contributed by atoms with van der Waals surface area (Å²) in [5.41, 5.74) is 0. The molecule has 0 rings (SSSR count). The van der Waals surface area contributed by atoms with Crippen molar-refractivity contribution in [2.24, 2.45) is 0 Å². The summed E-state index contributed by atoms with van der Waals surface area (Å²) in [5, 5.41) is 2.56. The zero-order valence-electron chi connectivity index (χ0n) is 7.25. The predicted octanol–water partition coefficient (Wildman–Crippen LogP) is 1.34. The van der Waals surface area contributed by atoms with Gasteiger partial charge in [0.05, 0.1) is 5.25 Å². The normalized spacial score (nSPS) is 12.2. The Balaban J connectivity index is 3.19. The molecule has 70 valence electrons. The maximum absolute atomic E-state index is 11.0. The molecule has 0 heterocycles. The van der Waals surface area contributed by atoms with Gasteiger partial charge in [-0.1, -0.05) is 6.08 Å². The highest BCUT2D eigenvalue weighted by atomic mass is 32.2. The zero-order chi connectivity index (χ0) is 9.40. The molecule has 0 aliphatic carbocycles. The van der Waals surface area contributed by atoms with E-state index in [4.69, 9.17) is 0 Å². The molecule has 4 heteroatoms. The summed E-state index contributed by atoms with van der Waals surface area (Å²) in [4.78, 5) is 11.0. The second-order valence-corrected chi connectivity index (χ2v) is 4.26. The number of rotatable bonds is 6. The quantitative estimate of drug-likeness (QED) is 0.389. The minimum atomic E-state index is -0.214. The number of hydrogen-bond acceptors (Lipinski definition) is 3. The molecule has 12 heavy (non-hydrogen) atoms. The van der Waals surface area contributed by atoms with Crippen molar-refractivity contribution in [2.45, 2.75) is 12.2 Å². The predicted molar refractivity (Wildman–Crippen MR) is 59.0 cm³/mol. The summed E-state index contributed by atoms with van der Waals surface area (Å²) < 4.78 is 0. The average Bonchev–Trinajstić information content (AvgIpc) is 2.03. The van der Waals surface area contributed by atoms with E-state index in [1.54, 1.807) is 18.7 Å². The monoisotopic (exact) mass is 205 g/mol. The molecule has 1 amide bonds. The zero-order valence-corrected chi connectivity index (χ0v) is 8.96. The van der Waals surface area contributed by atoms with E-state index in [9.17, 15) is 4.79 Å².